The Balaban J connectivity index is 1.71. The van der Waals surface area contributed by atoms with Gasteiger partial charge in [0.05, 0.1) is 0 Å². The number of nitrogens with zero attached hydrogens (tertiary/aromatic N) is 3. The Kier molecular flexibility index (Phi) is 4.87. The van der Waals surface area contributed by atoms with Crippen molar-refractivity contribution in [3.63, 3.8) is 0 Å². The van der Waals surface area contributed by atoms with Gasteiger partial charge in [0.1, 0.15) is 11.1 Å². The van der Waals surface area contributed by atoms with E-state index in [1.54, 1.807) is 0 Å². The highest BCUT2D eigenvalue weighted by molar-refractivity contribution is 8.00. The maximum atomic E-state index is 13.4. The van der Waals surface area contributed by atoms with E-state index in [0.717, 1.165) is 40.5 Å². The van der Waals surface area contributed by atoms with Crippen LogP contribution < -0.4 is 0 Å². The van der Waals surface area contributed by atoms with Crippen LogP contribution in [-0.4, -0.2) is 20.5 Å². The van der Waals surface area contributed by atoms with Gasteiger partial charge in [-0.25, -0.2) is 0 Å². The molecule has 2 aromatic carbocycles. The van der Waals surface area contributed by atoms with Gasteiger partial charge in [-0.3, -0.25) is 4.79 Å². The van der Waals surface area contributed by atoms with Gasteiger partial charge in [0.2, 0.25) is 0 Å². The number of aryl methyl sites for hydroxylation is 3. The number of Topliss-reactive ketones (excluding diaryl/α,β-unsaturated/α-hetero) is 1. The van der Waals surface area contributed by atoms with Crippen LogP contribution in [0.3, 0.4) is 0 Å². The van der Waals surface area contributed by atoms with Gasteiger partial charge in [0.15, 0.2) is 10.9 Å². The topological polar surface area (TPSA) is 47.8 Å². The van der Waals surface area contributed by atoms with Gasteiger partial charge >= 0.3 is 0 Å². The summed E-state index contributed by atoms with van der Waals surface area (Å²) in [5, 5.41) is 9.13. The van der Waals surface area contributed by atoms with Crippen LogP contribution in [0, 0.1) is 20.8 Å². The first-order chi connectivity index (χ1) is 13.0. The second-order valence-corrected chi connectivity index (χ2v) is 8.34. The third-order valence-electron chi connectivity index (χ3n) is 4.92. The van der Waals surface area contributed by atoms with Crippen LogP contribution in [0.1, 0.15) is 57.0 Å². The van der Waals surface area contributed by atoms with Gasteiger partial charge < -0.3 is 4.57 Å². The molecule has 1 aliphatic carbocycles. The lowest BCUT2D eigenvalue weighted by Crippen LogP contribution is -2.11. The van der Waals surface area contributed by atoms with Gasteiger partial charge in [0.25, 0.3) is 0 Å². The molecule has 0 spiro atoms. The van der Waals surface area contributed by atoms with Crippen molar-refractivity contribution in [1.82, 2.24) is 14.8 Å². The van der Waals surface area contributed by atoms with E-state index >= 15 is 0 Å². The highest BCUT2D eigenvalue weighted by Gasteiger charge is 2.31. The van der Waals surface area contributed by atoms with E-state index in [4.69, 9.17) is 0 Å². The van der Waals surface area contributed by atoms with Crippen molar-refractivity contribution >= 4 is 17.5 Å². The van der Waals surface area contributed by atoms with Crippen LogP contribution in [0.25, 0.3) is 0 Å². The molecule has 27 heavy (non-hydrogen) atoms. The second kappa shape index (κ2) is 7.31. The van der Waals surface area contributed by atoms with Crippen molar-refractivity contribution in [3.8, 4) is 0 Å². The van der Waals surface area contributed by atoms with Crippen molar-refractivity contribution in [2.45, 2.75) is 50.1 Å². The van der Waals surface area contributed by atoms with E-state index < -0.39 is 0 Å². The molecule has 1 aromatic heterocycles. The van der Waals surface area contributed by atoms with E-state index in [-0.39, 0.29) is 11.0 Å². The number of ketones is 1. The molecule has 1 aliphatic rings. The molecule has 0 radical (unpaired) electrons. The monoisotopic (exact) mass is 377 g/mol. The smallest absolute Gasteiger partial charge is 0.192 e. The Morgan fingerprint density at radius 2 is 1.56 bits per heavy atom. The van der Waals surface area contributed by atoms with Crippen LogP contribution in [-0.2, 0) is 0 Å². The highest BCUT2D eigenvalue weighted by atomic mass is 32.2. The Morgan fingerprint density at radius 3 is 2.15 bits per heavy atom. The highest BCUT2D eigenvalue weighted by Crippen LogP contribution is 2.43. The lowest BCUT2D eigenvalue weighted by molar-refractivity contribution is 0.0989. The average Bonchev–Trinajstić information content (AvgIpc) is 3.43. The standard InChI is InChI=1S/C22H23N3OS/c1-14-4-8-17(9-5-14)20(26)21(18-10-6-15(2)7-11-18)27-22-24-23-16(3)25(22)19-12-13-19/h4-11,19,21H,12-13H2,1-3H3/t21-/m1/s1. The molecular formula is C22H23N3OS. The number of carbonyl (C=O) groups excluding carboxylic acids is 1. The summed E-state index contributed by atoms with van der Waals surface area (Å²) in [6.45, 7) is 6.07. The van der Waals surface area contributed by atoms with E-state index in [1.165, 1.54) is 17.3 Å². The Morgan fingerprint density at radius 1 is 0.963 bits per heavy atom. The summed E-state index contributed by atoms with van der Waals surface area (Å²) in [6.07, 6.45) is 2.32. The average molecular weight is 378 g/mol. The molecule has 4 rings (SSSR count). The van der Waals surface area contributed by atoms with Gasteiger partial charge in [-0.05, 0) is 39.2 Å². The van der Waals surface area contributed by atoms with E-state index in [9.17, 15) is 4.79 Å². The molecule has 1 fully saturated rings. The fraction of sp³-hybridized carbons (Fsp3) is 0.318. The van der Waals surface area contributed by atoms with Gasteiger partial charge in [-0.2, -0.15) is 0 Å². The molecule has 1 heterocycles. The third kappa shape index (κ3) is 3.83. The van der Waals surface area contributed by atoms with Crippen molar-refractivity contribution in [2.75, 3.05) is 0 Å². The van der Waals surface area contributed by atoms with Crippen molar-refractivity contribution < 1.29 is 4.79 Å². The van der Waals surface area contributed by atoms with Crippen molar-refractivity contribution in [1.29, 1.82) is 0 Å². The molecule has 1 atom stereocenters. The minimum atomic E-state index is -0.339. The number of hydrogen-bond donors (Lipinski definition) is 0. The summed E-state index contributed by atoms with van der Waals surface area (Å²) in [7, 11) is 0. The quantitative estimate of drug-likeness (QED) is 0.434. The van der Waals surface area contributed by atoms with E-state index in [0.29, 0.717) is 6.04 Å². The van der Waals surface area contributed by atoms with Crippen LogP contribution >= 0.6 is 11.8 Å². The van der Waals surface area contributed by atoms with E-state index in [2.05, 4.69) is 33.8 Å². The lowest BCUT2D eigenvalue weighted by Gasteiger charge is -2.17. The Labute approximate surface area is 164 Å². The Bertz CT molecular complexity index is 956. The SMILES string of the molecule is Cc1ccc(C(=O)[C@H](Sc2nnc(C)n2C2CC2)c2ccc(C)cc2)cc1. The predicted molar refractivity (Wildman–Crippen MR) is 108 cm³/mol. The van der Waals surface area contributed by atoms with Crippen molar-refractivity contribution in [2.24, 2.45) is 0 Å². The molecule has 4 nitrogen and oxygen atoms in total. The first-order valence-corrected chi connectivity index (χ1v) is 10.2. The number of thioether (sulfide) groups is 1. The Hall–Kier alpha value is -2.40. The summed E-state index contributed by atoms with van der Waals surface area (Å²) in [5.74, 6) is 1.03. The second-order valence-electron chi connectivity index (χ2n) is 7.27. The molecule has 1 saturated carbocycles. The molecule has 0 unspecified atom stereocenters. The predicted octanol–water partition coefficient (Wildman–Crippen LogP) is 5.25. The van der Waals surface area contributed by atoms with Crippen LogP contribution in [0.4, 0.5) is 0 Å². The van der Waals surface area contributed by atoms with Crippen LogP contribution in [0.2, 0.25) is 0 Å². The zero-order valence-corrected chi connectivity index (χ0v) is 16.7. The summed E-state index contributed by atoms with van der Waals surface area (Å²) >= 11 is 1.51. The number of aromatic nitrogens is 3. The van der Waals surface area contributed by atoms with Gasteiger partial charge in [-0.1, -0.05) is 71.4 Å². The first-order valence-electron chi connectivity index (χ1n) is 9.28. The lowest BCUT2D eigenvalue weighted by atomic mass is 10.0. The maximum absolute atomic E-state index is 13.4. The maximum Gasteiger partial charge on any atom is 0.192 e. The summed E-state index contributed by atoms with van der Waals surface area (Å²) in [5.41, 5.74) is 4.06. The molecule has 0 N–H and O–H groups in total. The zero-order chi connectivity index (χ0) is 19.0. The first kappa shape index (κ1) is 18.0. The molecule has 5 heteroatoms. The molecule has 0 aliphatic heterocycles. The molecule has 3 aromatic rings. The number of hydrogen-bond acceptors (Lipinski definition) is 4. The molecule has 138 valence electrons. The number of rotatable bonds is 6. The third-order valence-corrected chi connectivity index (χ3v) is 6.14. The molecule has 0 saturated heterocycles. The summed E-state index contributed by atoms with van der Waals surface area (Å²) in [4.78, 5) is 13.4. The molecule has 0 bridgehead atoms. The normalized spacial score (nSPS) is 14.9. The fourth-order valence-corrected chi connectivity index (χ4v) is 4.40. The van der Waals surface area contributed by atoms with Crippen molar-refractivity contribution in [3.05, 3.63) is 76.6 Å². The van der Waals surface area contributed by atoms with Crippen LogP contribution in [0.15, 0.2) is 53.7 Å². The summed E-state index contributed by atoms with van der Waals surface area (Å²) in [6, 6.07) is 16.5. The van der Waals surface area contributed by atoms with Crippen LogP contribution in [0.5, 0.6) is 0 Å². The number of benzene rings is 2. The van der Waals surface area contributed by atoms with Gasteiger partial charge in [0, 0.05) is 11.6 Å². The molecular weight excluding hydrogens is 354 g/mol. The minimum Gasteiger partial charge on any atom is -0.303 e. The minimum absolute atomic E-state index is 0.104. The molecule has 0 amide bonds. The zero-order valence-electron chi connectivity index (χ0n) is 15.8. The largest absolute Gasteiger partial charge is 0.303 e. The number of carbonyl (C=O) groups is 1. The fourth-order valence-electron chi connectivity index (χ4n) is 3.17. The van der Waals surface area contributed by atoms with Gasteiger partial charge in [-0.15, -0.1) is 10.2 Å². The summed E-state index contributed by atoms with van der Waals surface area (Å²) < 4.78 is 2.19. The van der Waals surface area contributed by atoms with E-state index in [1.807, 2.05) is 50.2 Å².